The van der Waals surface area contributed by atoms with Gasteiger partial charge in [-0.2, -0.15) is 5.10 Å². The number of halogens is 1. The molecule has 9 nitrogen and oxygen atoms in total. The lowest BCUT2D eigenvalue weighted by Crippen LogP contribution is -2.18. The molecular weight excluding hydrogens is 642 g/mol. The molecule has 5 aromatic rings. The maximum absolute atomic E-state index is 12.7. The molecule has 2 N–H and O–H groups in total. The highest BCUT2D eigenvalue weighted by Gasteiger charge is 2.10. The van der Waals surface area contributed by atoms with Crippen LogP contribution in [0.5, 0.6) is 11.5 Å². The molecular formula is C39H28ClN3O6. The molecule has 5 rings (SSSR count). The monoisotopic (exact) mass is 669 g/mol. The number of hydrogen-bond donors (Lipinski definition) is 2. The average Bonchev–Trinajstić information content (AvgIpc) is 3.12. The summed E-state index contributed by atoms with van der Waals surface area (Å²) in [5.41, 5.74) is 5.48. The van der Waals surface area contributed by atoms with Crippen molar-refractivity contribution in [1.82, 2.24) is 5.43 Å². The lowest BCUT2D eigenvalue weighted by atomic mass is 10.1. The van der Waals surface area contributed by atoms with Crippen LogP contribution in [-0.4, -0.2) is 30.0 Å². The molecule has 0 aromatic heterocycles. The summed E-state index contributed by atoms with van der Waals surface area (Å²) in [4.78, 5) is 50.2. The van der Waals surface area contributed by atoms with Crippen molar-refractivity contribution in [2.45, 2.75) is 0 Å². The summed E-state index contributed by atoms with van der Waals surface area (Å²) in [7, 11) is 0. The average molecular weight is 670 g/mol. The Balaban J connectivity index is 1.15. The number of anilines is 1. The first-order valence-corrected chi connectivity index (χ1v) is 15.2. The minimum atomic E-state index is -0.682. The highest BCUT2D eigenvalue weighted by atomic mass is 35.5. The van der Waals surface area contributed by atoms with Crippen LogP contribution in [0.1, 0.15) is 37.4 Å². The Hall–Kier alpha value is -6.58. The highest BCUT2D eigenvalue weighted by molar-refractivity contribution is 6.30. The van der Waals surface area contributed by atoms with E-state index in [2.05, 4.69) is 15.8 Å². The van der Waals surface area contributed by atoms with Crippen LogP contribution in [0.4, 0.5) is 5.69 Å². The third-order valence-corrected chi connectivity index (χ3v) is 7.00. The van der Waals surface area contributed by atoms with E-state index in [4.69, 9.17) is 21.1 Å². The first-order chi connectivity index (χ1) is 23.8. The maximum atomic E-state index is 12.7. The summed E-state index contributed by atoms with van der Waals surface area (Å²) in [5, 5.41) is 7.29. The molecule has 0 heterocycles. The van der Waals surface area contributed by atoms with E-state index in [1.54, 1.807) is 103 Å². The second-order valence-electron chi connectivity index (χ2n) is 10.2. The van der Waals surface area contributed by atoms with Crippen molar-refractivity contribution in [1.29, 1.82) is 0 Å². The van der Waals surface area contributed by atoms with Crippen LogP contribution in [0.25, 0.3) is 12.2 Å². The Bertz CT molecular complexity index is 2040. The predicted molar refractivity (Wildman–Crippen MR) is 190 cm³/mol. The van der Waals surface area contributed by atoms with Gasteiger partial charge in [-0.15, -0.1) is 0 Å². The van der Waals surface area contributed by atoms with Crippen molar-refractivity contribution in [2.75, 3.05) is 5.32 Å². The van der Waals surface area contributed by atoms with Crippen molar-refractivity contribution < 1.29 is 28.7 Å². The molecule has 2 amide bonds. The number of hydrazone groups is 1. The lowest BCUT2D eigenvalue weighted by molar-refractivity contribution is -0.129. The molecule has 0 radical (unpaired) electrons. The van der Waals surface area contributed by atoms with Crippen LogP contribution in [0.3, 0.4) is 0 Å². The Kier molecular flexibility index (Phi) is 11.6. The van der Waals surface area contributed by atoms with Crippen LogP contribution in [0, 0.1) is 0 Å². The number of esters is 2. The Morgan fingerprint density at radius 1 is 0.571 bits per heavy atom. The van der Waals surface area contributed by atoms with Gasteiger partial charge in [-0.3, -0.25) is 9.59 Å². The molecule has 0 unspecified atom stereocenters. The van der Waals surface area contributed by atoms with E-state index in [0.29, 0.717) is 33.0 Å². The largest absolute Gasteiger partial charge is 0.423 e. The van der Waals surface area contributed by atoms with Crippen molar-refractivity contribution in [3.8, 4) is 11.5 Å². The molecule has 49 heavy (non-hydrogen) atoms. The van der Waals surface area contributed by atoms with E-state index < -0.39 is 17.8 Å². The number of carbonyl (C=O) groups excluding carboxylic acids is 4. The summed E-state index contributed by atoms with van der Waals surface area (Å²) in [6.07, 6.45) is 7.02. The number of para-hydroxylation sites is 2. The number of nitrogens with zero attached hydrogens (tertiary/aromatic N) is 1. The molecule has 0 aliphatic rings. The van der Waals surface area contributed by atoms with Crippen molar-refractivity contribution >= 4 is 59.4 Å². The number of nitrogens with one attached hydrogen (secondary N) is 2. The molecule has 0 saturated heterocycles. The molecule has 0 spiro atoms. The molecule has 10 heteroatoms. The quantitative estimate of drug-likeness (QED) is 0.0491. The van der Waals surface area contributed by atoms with Gasteiger partial charge in [-0.1, -0.05) is 72.3 Å². The zero-order valence-corrected chi connectivity index (χ0v) is 26.5. The van der Waals surface area contributed by atoms with E-state index in [0.717, 1.165) is 5.56 Å². The zero-order chi connectivity index (χ0) is 34.4. The smallest absolute Gasteiger partial charge is 0.336 e. The van der Waals surface area contributed by atoms with Crippen LogP contribution < -0.4 is 20.2 Å². The van der Waals surface area contributed by atoms with E-state index in [9.17, 15) is 19.2 Å². The highest BCUT2D eigenvalue weighted by Crippen LogP contribution is 2.21. The van der Waals surface area contributed by atoms with Crippen LogP contribution >= 0.6 is 11.6 Å². The topological polar surface area (TPSA) is 123 Å². The van der Waals surface area contributed by atoms with Crippen LogP contribution in [0.2, 0.25) is 5.02 Å². The molecule has 0 saturated carbocycles. The number of ether oxygens (including phenoxy) is 2. The number of hydrogen-bond acceptors (Lipinski definition) is 7. The van der Waals surface area contributed by atoms with Gasteiger partial charge in [0, 0.05) is 45.1 Å². The van der Waals surface area contributed by atoms with Crippen molar-refractivity contribution in [2.24, 2.45) is 5.10 Å². The minimum Gasteiger partial charge on any atom is -0.423 e. The third kappa shape index (κ3) is 10.2. The zero-order valence-electron chi connectivity index (χ0n) is 25.8. The summed E-state index contributed by atoms with van der Waals surface area (Å²) >= 11 is 5.87. The second-order valence-corrected chi connectivity index (χ2v) is 10.7. The molecule has 242 valence electrons. The number of amides is 2. The van der Waals surface area contributed by atoms with Gasteiger partial charge in [0.2, 0.25) is 0 Å². The summed E-state index contributed by atoms with van der Waals surface area (Å²) < 4.78 is 11.0. The molecule has 5 aromatic carbocycles. The molecule has 0 bridgehead atoms. The van der Waals surface area contributed by atoms with Gasteiger partial charge in [0.25, 0.3) is 11.8 Å². The van der Waals surface area contributed by atoms with Gasteiger partial charge in [0.1, 0.15) is 11.5 Å². The number of benzene rings is 5. The van der Waals surface area contributed by atoms with Gasteiger partial charge in [-0.05, 0) is 84.4 Å². The predicted octanol–water partition coefficient (Wildman–Crippen LogP) is 7.59. The summed E-state index contributed by atoms with van der Waals surface area (Å²) in [6.45, 7) is 0. The molecule has 0 atom stereocenters. The fraction of sp³-hybridized carbons (Fsp3) is 0. The Labute approximate surface area is 287 Å². The fourth-order valence-electron chi connectivity index (χ4n) is 4.30. The minimum absolute atomic E-state index is 0.210. The maximum Gasteiger partial charge on any atom is 0.336 e. The molecule has 0 aliphatic heterocycles. The first kappa shape index (κ1) is 33.8. The van der Waals surface area contributed by atoms with Crippen molar-refractivity contribution in [3.05, 3.63) is 172 Å². The normalized spacial score (nSPS) is 11.0. The van der Waals surface area contributed by atoms with Gasteiger partial charge >= 0.3 is 11.9 Å². The van der Waals surface area contributed by atoms with Crippen molar-refractivity contribution in [3.63, 3.8) is 0 Å². The van der Waals surface area contributed by atoms with Gasteiger partial charge < -0.3 is 14.8 Å². The Morgan fingerprint density at radius 2 is 1.10 bits per heavy atom. The van der Waals surface area contributed by atoms with E-state index >= 15 is 0 Å². The standard InChI is InChI=1S/C39H28ClN3O6/c40-32-20-15-29(16-21-32)38(46)42-33-22-17-30(18-23-33)39(47)43-41-26-31-11-5-7-13-35(31)49-37(45)25-19-28-10-4-6-12-34(28)48-36(44)24-14-27-8-2-1-3-9-27/h1-26H,(H,42,46)(H,43,47)/b24-14+,25-19+,41-26+. The molecule has 0 fully saturated rings. The van der Waals surface area contributed by atoms with E-state index in [1.807, 2.05) is 30.3 Å². The summed E-state index contributed by atoms with van der Waals surface area (Å²) in [5.74, 6) is -1.57. The van der Waals surface area contributed by atoms with E-state index in [-0.39, 0.29) is 17.4 Å². The van der Waals surface area contributed by atoms with E-state index in [1.165, 1.54) is 24.4 Å². The Morgan fingerprint density at radius 3 is 1.78 bits per heavy atom. The SMILES string of the molecule is O=C(/C=C/c1ccccc1)Oc1ccccc1/C=C/C(=O)Oc1ccccc1/C=N/NC(=O)c1ccc(NC(=O)c2ccc(Cl)cc2)cc1. The van der Waals surface area contributed by atoms with Gasteiger partial charge in [0.05, 0.1) is 6.21 Å². The lowest BCUT2D eigenvalue weighted by Gasteiger charge is -2.07. The third-order valence-electron chi connectivity index (χ3n) is 6.75. The molecule has 0 aliphatic carbocycles. The van der Waals surface area contributed by atoms with Gasteiger partial charge in [0.15, 0.2) is 0 Å². The number of carbonyl (C=O) groups is 4. The van der Waals surface area contributed by atoms with Crippen LogP contribution in [-0.2, 0) is 9.59 Å². The summed E-state index contributed by atoms with van der Waals surface area (Å²) in [6, 6.07) is 35.5. The number of rotatable bonds is 11. The fourth-order valence-corrected chi connectivity index (χ4v) is 4.42. The van der Waals surface area contributed by atoms with Gasteiger partial charge in [-0.25, -0.2) is 15.0 Å². The second kappa shape index (κ2) is 16.8. The first-order valence-electron chi connectivity index (χ1n) is 14.9. The van der Waals surface area contributed by atoms with Crippen LogP contribution in [0.15, 0.2) is 145 Å².